The molecule has 0 N–H and O–H groups in total. The number of carbonyl (C=O) groups is 1. The third kappa shape index (κ3) is 2.41. The number of hydrogen-bond donors (Lipinski definition) is 0. The van der Waals surface area contributed by atoms with Crippen molar-refractivity contribution < 1.29 is 4.79 Å². The monoisotopic (exact) mass is 470 g/mol. The lowest BCUT2D eigenvalue weighted by Crippen LogP contribution is -2.31. The Kier molecular flexibility index (Phi) is 3.97. The van der Waals surface area contributed by atoms with Crippen molar-refractivity contribution in [3.8, 4) is 0 Å². The maximum absolute atomic E-state index is 14.4. The molecular formula is C28H22OS3. The van der Waals surface area contributed by atoms with Gasteiger partial charge in [0.1, 0.15) is 4.75 Å². The molecule has 3 heterocycles. The van der Waals surface area contributed by atoms with E-state index in [0.717, 1.165) is 0 Å². The van der Waals surface area contributed by atoms with Gasteiger partial charge in [-0.15, -0.1) is 34.9 Å². The van der Waals surface area contributed by atoms with E-state index in [1.165, 1.54) is 52.6 Å². The van der Waals surface area contributed by atoms with Crippen LogP contribution in [0.5, 0.6) is 0 Å². The van der Waals surface area contributed by atoms with Crippen LogP contribution in [0.3, 0.4) is 0 Å². The van der Waals surface area contributed by atoms with E-state index in [9.17, 15) is 4.79 Å². The van der Waals surface area contributed by atoms with E-state index in [1.54, 1.807) is 11.8 Å². The van der Waals surface area contributed by atoms with E-state index < -0.39 is 4.75 Å². The summed E-state index contributed by atoms with van der Waals surface area (Å²) in [4.78, 5) is 18.2. The van der Waals surface area contributed by atoms with Crippen LogP contribution in [-0.2, 0) is 9.54 Å². The highest BCUT2D eigenvalue weighted by molar-refractivity contribution is 8.03. The molecule has 158 valence electrons. The highest BCUT2D eigenvalue weighted by Gasteiger charge is 2.68. The zero-order valence-corrected chi connectivity index (χ0v) is 20.6. The highest BCUT2D eigenvalue weighted by atomic mass is 32.2. The summed E-state index contributed by atoms with van der Waals surface area (Å²) in [7, 11) is 0. The van der Waals surface area contributed by atoms with Crippen LogP contribution < -0.4 is 0 Å². The third-order valence-corrected chi connectivity index (χ3v) is 11.7. The molecule has 0 amide bonds. The molecule has 1 fully saturated rings. The van der Waals surface area contributed by atoms with Gasteiger partial charge < -0.3 is 0 Å². The Labute approximate surface area is 200 Å². The van der Waals surface area contributed by atoms with Crippen molar-refractivity contribution in [1.82, 2.24) is 0 Å². The molecule has 0 unspecified atom stereocenters. The number of ketones is 1. The van der Waals surface area contributed by atoms with Crippen molar-refractivity contribution in [2.24, 2.45) is 0 Å². The molecule has 0 saturated heterocycles. The Morgan fingerprint density at radius 1 is 0.781 bits per heavy atom. The van der Waals surface area contributed by atoms with Crippen molar-refractivity contribution in [1.29, 1.82) is 0 Å². The average molecular weight is 471 g/mol. The molecule has 4 aromatic rings. The normalized spacial score (nSPS) is 27.5. The average Bonchev–Trinajstić information content (AvgIpc) is 3.47. The quantitative estimate of drug-likeness (QED) is 0.283. The lowest BCUT2D eigenvalue weighted by Gasteiger charge is -2.28. The Balaban J connectivity index is 1.51. The van der Waals surface area contributed by atoms with Gasteiger partial charge in [-0.25, -0.2) is 0 Å². The van der Waals surface area contributed by atoms with E-state index >= 15 is 0 Å². The summed E-state index contributed by atoms with van der Waals surface area (Å²) in [5.74, 6) is 0.836. The molecule has 1 aliphatic carbocycles. The molecule has 3 aliphatic rings. The molecule has 1 saturated carbocycles. The van der Waals surface area contributed by atoms with Gasteiger partial charge in [-0.2, -0.15) is 0 Å². The topological polar surface area (TPSA) is 17.1 Å². The minimum atomic E-state index is -0.516. The molecular weight excluding hydrogens is 449 g/mol. The van der Waals surface area contributed by atoms with Gasteiger partial charge in [0.25, 0.3) is 0 Å². The lowest BCUT2D eigenvalue weighted by atomic mass is 9.78. The molecule has 2 aliphatic heterocycles. The number of aryl methyl sites for hydroxylation is 3. The Morgan fingerprint density at radius 3 is 2.28 bits per heavy atom. The van der Waals surface area contributed by atoms with Crippen LogP contribution in [0.15, 0.2) is 70.5 Å². The maximum Gasteiger partial charge on any atom is 0.169 e. The third-order valence-electron chi connectivity index (χ3n) is 7.34. The van der Waals surface area contributed by atoms with Crippen LogP contribution in [-0.4, -0.2) is 11.0 Å². The predicted octanol–water partition coefficient (Wildman–Crippen LogP) is 7.75. The van der Waals surface area contributed by atoms with Gasteiger partial charge in [0.2, 0.25) is 0 Å². The van der Waals surface area contributed by atoms with Crippen LogP contribution in [0.4, 0.5) is 0 Å². The van der Waals surface area contributed by atoms with Crippen molar-refractivity contribution in [3.05, 3.63) is 93.4 Å². The van der Waals surface area contributed by atoms with Crippen molar-refractivity contribution in [3.63, 3.8) is 0 Å². The van der Waals surface area contributed by atoms with Gasteiger partial charge >= 0.3 is 0 Å². The fourth-order valence-corrected chi connectivity index (χ4v) is 10.5. The number of thioether (sulfide) groups is 2. The number of thiophene rings is 1. The largest absolute Gasteiger partial charge is 0.296 e. The lowest BCUT2D eigenvalue weighted by molar-refractivity contribution is -0.119. The summed E-state index contributed by atoms with van der Waals surface area (Å²) in [5.41, 5.74) is 6.58. The van der Waals surface area contributed by atoms with Gasteiger partial charge in [0, 0.05) is 31.2 Å². The Morgan fingerprint density at radius 2 is 1.47 bits per heavy atom. The van der Waals surface area contributed by atoms with E-state index in [1.807, 2.05) is 23.1 Å². The van der Waals surface area contributed by atoms with Crippen molar-refractivity contribution in [2.75, 3.05) is 0 Å². The zero-order valence-electron chi connectivity index (χ0n) is 18.1. The van der Waals surface area contributed by atoms with E-state index in [0.29, 0.717) is 5.78 Å². The number of fused-ring (bicyclic) bond motifs is 8. The second kappa shape index (κ2) is 6.53. The molecule has 0 radical (unpaired) electrons. The first-order valence-electron chi connectivity index (χ1n) is 11.1. The first kappa shape index (κ1) is 19.5. The number of hydrogen-bond acceptors (Lipinski definition) is 4. The standard InChI is InChI=1S/C28H22OS3/c1-14-4-7-20-17(10-14)13-23(30-20)28-25(19-12-16(3)6-9-22(19)32-28)24-18-11-15(2)5-8-21(18)31-26(24)27(28)29/h4-13,24-26H,1-3H3/t24-,25-,26-,28-/m0/s1. The van der Waals surface area contributed by atoms with Gasteiger partial charge in [-0.1, -0.05) is 53.1 Å². The van der Waals surface area contributed by atoms with E-state index in [4.69, 9.17) is 0 Å². The van der Waals surface area contributed by atoms with Gasteiger partial charge in [-0.05, 0) is 61.5 Å². The summed E-state index contributed by atoms with van der Waals surface area (Å²) in [6.45, 7) is 6.48. The van der Waals surface area contributed by atoms with Crippen molar-refractivity contribution in [2.45, 2.75) is 52.4 Å². The smallest absolute Gasteiger partial charge is 0.169 e. The maximum atomic E-state index is 14.4. The molecule has 0 bridgehead atoms. The minimum absolute atomic E-state index is 0.00455. The van der Waals surface area contributed by atoms with Crippen LogP contribution in [0, 0.1) is 20.8 Å². The molecule has 0 spiro atoms. The zero-order chi connectivity index (χ0) is 21.8. The molecule has 1 aromatic heterocycles. The number of Topliss-reactive ketones (excluding diaryl/α,β-unsaturated/α-hetero) is 1. The SMILES string of the molecule is Cc1ccc2c(c1)[C@@H]1[C@H](S2)C(=O)[C@@]2(c3cc4cc(C)ccc4s3)Sc3ccc(C)cc3[C@@H]12. The number of benzene rings is 3. The van der Waals surface area contributed by atoms with Crippen LogP contribution >= 0.6 is 34.9 Å². The van der Waals surface area contributed by atoms with Gasteiger partial charge in [0.15, 0.2) is 5.78 Å². The fraction of sp³-hybridized carbons (Fsp3) is 0.250. The molecule has 1 nitrogen and oxygen atoms in total. The van der Waals surface area contributed by atoms with E-state index in [-0.39, 0.29) is 17.1 Å². The first-order chi connectivity index (χ1) is 15.5. The van der Waals surface area contributed by atoms with E-state index in [2.05, 4.69) is 81.4 Å². The number of rotatable bonds is 1. The molecule has 32 heavy (non-hydrogen) atoms. The molecule has 7 rings (SSSR count). The second-order valence-electron chi connectivity index (χ2n) is 9.48. The summed E-state index contributed by atoms with van der Waals surface area (Å²) in [6, 6.07) is 22.5. The second-order valence-corrected chi connectivity index (χ2v) is 13.0. The fourth-order valence-electron chi connectivity index (χ4n) is 5.97. The highest BCUT2D eigenvalue weighted by Crippen LogP contribution is 2.73. The summed E-state index contributed by atoms with van der Waals surface area (Å²) in [5, 5.41) is 1.27. The van der Waals surface area contributed by atoms with Crippen LogP contribution in [0.25, 0.3) is 10.1 Å². The van der Waals surface area contributed by atoms with Crippen LogP contribution in [0.1, 0.15) is 44.5 Å². The predicted molar refractivity (Wildman–Crippen MR) is 137 cm³/mol. The Bertz CT molecular complexity index is 1470. The van der Waals surface area contributed by atoms with Crippen LogP contribution in [0.2, 0.25) is 0 Å². The summed E-state index contributed by atoms with van der Waals surface area (Å²) in [6.07, 6.45) is 0. The number of carbonyl (C=O) groups excluding carboxylic acids is 1. The minimum Gasteiger partial charge on any atom is -0.296 e. The molecule has 4 heteroatoms. The summed E-state index contributed by atoms with van der Waals surface area (Å²) < 4.78 is 0.762. The molecule has 3 aromatic carbocycles. The Hall–Kier alpha value is -2.01. The van der Waals surface area contributed by atoms with Gasteiger partial charge in [0.05, 0.1) is 5.25 Å². The summed E-state index contributed by atoms with van der Waals surface area (Å²) >= 11 is 5.45. The first-order valence-corrected chi connectivity index (χ1v) is 13.6. The van der Waals surface area contributed by atoms with Gasteiger partial charge in [-0.3, -0.25) is 4.79 Å². The van der Waals surface area contributed by atoms with Crippen molar-refractivity contribution >= 4 is 50.7 Å². The molecule has 4 atom stereocenters.